The number of amides is 1. The molecule has 0 spiro atoms. The number of carbonyl (C=O) groups is 5. The van der Waals surface area contributed by atoms with E-state index in [0.29, 0.717) is 42.1 Å². The highest BCUT2D eigenvalue weighted by Gasteiger charge is 2.42. The molecule has 1 aliphatic heterocycles. The number of hydrogen-bond donors (Lipinski definition) is 6. The summed E-state index contributed by atoms with van der Waals surface area (Å²) < 4.78 is 111. The minimum atomic E-state index is -5.23. The summed E-state index contributed by atoms with van der Waals surface area (Å²) in [5.41, 5.74) is 5.90. The number of hydrogen-bond acceptors (Lipinski definition) is 12. The zero-order valence-electron chi connectivity index (χ0n) is 24.7. The van der Waals surface area contributed by atoms with Crippen LogP contribution in [0.5, 0.6) is 5.75 Å². The summed E-state index contributed by atoms with van der Waals surface area (Å²) in [5, 5.41) is 25.9. The van der Waals surface area contributed by atoms with Crippen LogP contribution in [-0.4, -0.2) is 100 Å². The van der Waals surface area contributed by atoms with Crippen LogP contribution in [0.2, 0.25) is 0 Å². The number of nitrogens with two attached hydrogens (primary N) is 1. The summed E-state index contributed by atoms with van der Waals surface area (Å²) in [7, 11) is -4.60. The lowest BCUT2D eigenvalue weighted by atomic mass is 10.2. The third-order valence-corrected chi connectivity index (χ3v) is 7.60. The highest BCUT2D eigenvalue weighted by molar-refractivity contribution is 7.85. The number of carboxylic acids is 2. The minimum Gasteiger partial charge on any atom is -0.480 e. The first-order valence-electron chi connectivity index (χ1n) is 13.0. The van der Waals surface area contributed by atoms with Gasteiger partial charge in [0.05, 0.1) is 6.04 Å². The van der Waals surface area contributed by atoms with Crippen LogP contribution in [0.1, 0.15) is 33.0 Å². The predicted octanol–water partition coefficient (Wildman–Crippen LogP) is 2.28. The number of nitrogens with one attached hydrogen (secondary N) is 2. The fourth-order valence-corrected chi connectivity index (χ4v) is 5.20. The van der Waals surface area contributed by atoms with E-state index in [0.717, 1.165) is 4.88 Å². The van der Waals surface area contributed by atoms with E-state index in [4.69, 9.17) is 40.2 Å². The van der Waals surface area contributed by atoms with Gasteiger partial charge in [-0.2, -0.15) is 34.8 Å². The van der Waals surface area contributed by atoms with Gasteiger partial charge in [-0.05, 0) is 55.8 Å². The van der Waals surface area contributed by atoms with Gasteiger partial charge in [-0.3, -0.25) is 19.7 Å². The Balaban J connectivity index is 0.000000693. The average molecular weight is 771 g/mol. The molecule has 3 rings (SSSR count). The van der Waals surface area contributed by atoms with Crippen molar-refractivity contribution in [1.29, 1.82) is 5.41 Å². The molecule has 16 nitrogen and oxygen atoms in total. The Hall–Kier alpha value is -4.88. The summed E-state index contributed by atoms with van der Waals surface area (Å²) in [5.74, 6) is -9.32. The number of amidine groups is 1. The van der Waals surface area contributed by atoms with Crippen LogP contribution in [-0.2, 0) is 40.8 Å². The number of carboxylic acid groups (broad SMARTS) is 2. The van der Waals surface area contributed by atoms with E-state index in [2.05, 4.69) is 5.32 Å². The molecule has 0 aliphatic carbocycles. The van der Waals surface area contributed by atoms with Crippen molar-refractivity contribution >= 4 is 57.1 Å². The molecule has 2 atom stereocenters. The van der Waals surface area contributed by atoms with Gasteiger partial charge in [0, 0.05) is 21.5 Å². The number of esters is 1. The number of ether oxygens (including phenoxy) is 1. The van der Waals surface area contributed by atoms with Gasteiger partial charge in [-0.1, -0.05) is 0 Å². The lowest BCUT2D eigenvalue weighted by molar-refractivity contribution is -0.234. The molecule has 278 valence electrons. The Morgan fingerprint density at radius 3 is 2.00 bits per heavy atom. The molecule has 7 N–H and O–H groups in total. The van der Waals surface area contributed by atoms with E-state index in [1.54, 1.807) is 24.3 Å². The van der Waals surface area contributed by atoms with Crippen LogP contribution in [0, 0.1) is 5.41 Å². The number of nitrogens with zero attached hydrogens (tertiary/aromatic N) is 1. The number of carbonyl (C=O) groups excluding carboxylic acids is 3. The van der Waals surface area contributed by atoms with Crippen LogP contribution in [0.3, 0.4) is 0 Å². The highest BCUT2D eigenvalue weighted by atomic mass is 32.2. The number of benzene rings is 1. The predicted molar refractivity (Wildman–Crippen MR) is 153 cm³/mol. The Labute approximate surface area is 279 Å². The van der Waals surface area contributed by atoms with Gasteiger partial charge < -0.3 is 26.0 Å². The molecule has 1 aromatic carbocycles. The van der Waals surface area contributed by atoms with Gasteiger partial charge in [0.25, 0.3) is 10.1 Å². The van der Waals surface area contributed by atoms with Crippen LogP contribution in [0.25, 0.3) is 0 Å². The molecule has 1 aliphatic rings. The zero-order valence-corrected chi connectivity index (χ0v) is 26.3. The number of rotatable bonds is 10. The summed E-state index contributed by atoms with van der Waals surface area (Å²) >= 11 is 1.19. The maximum atomic E-state index is 12.6. The monoisotopic (exact) mass is 770 g/mol. The third-order valence-electron chi connectivity index (χ3n) is 5.80. The molecule has 2 heterocycles. The number of halogens is 7. The molecule has 1 amide bonds. The highest BCUT2D eigenvalue weighted by Crippen LogP contribution is 2.26. The van der Waals surface area contributed by atoms with E-state index >= 15 is 0 Å². The van der Waals surface area contributed by atoms with Crippen molar-refractivity contribution in [2.75, 3.05) is 12.3 Å². The number of thiophene rings is 1. The van der Waals surface area contributed by atoms with Gasteiger partial charge in [0.1, 0.15) is 28.3 Å². The summed E-state index contributed by atoms with van der Waals surface area (Å²) in [6, 6.07) is 7.06. The average Bonchev–Trinajstić information content (AvgIpc) is 3.66. The van der Waals surface area contributed by atoms with Crippen LogP contribution >= 0.6 is 11.3 Å². The Bertz CT molecular complexity index is 1650. The molecule has 0 saturated carbocycles. The van der Waals surface area contributed by atoms with Crippen molar-refractivity contribution < 1.29 is 87.7 Å². The van der Waals surface area contributed by atoms with Crippen LogP contribution < -0.4 is 15.8 Å². The Kier molecular flexibility index (Phi) is 15.7. The van der Waals surface area contributed by atoms with Crippen molar-refractivity contribution in [2.45, 2.75) is 43.8 Å². The second-order valence-corrected chi connectivity index (χ2v) is 12.2. The maximum absolute atomic E-state index is 12.6. The summed E-state index contributed by atoms with van der Waals surface area (Å²) in [4.78, 5) is 59.2. The fraction of sp³-hybridized carbons (Fsp3) is 0.360. The first-order valence-corrected chi connectivity index (χ1v) is 15.5. The quantitative estimate of drug-likeness (QED) is 0.0506. The van der Waals surface area contributed by atoms with E-state index in [-0.39, 0.29) is 5.84 Å². The van der Waals surface area contributed by atoms with Crippen LogP contribution in [0.15, 0.2) is 36.4 Å². The summed E-state index contributed by atoms with van der Waals surface area (Å²) in [6.45, 7) is 0.869. The SMILES string of the molecule is N=C(N)c1ccc(OC(=O)c2ccc(CN3CCC[C@H]3C(=O)N[C@@H](CS(=O)(=O)O)C(=O)O)s2)cc1.O=C(O)C(F)(F)F.O=C(OF)C(F)(F)F. The molecular formula is C25H25F7N4O12S2. The first kappa shape index (κ1) is 43.1. The standard InChI is InChI=1S/C21H24N4O8S2.C2F4O2.C2HF3O2/c22-18(23)12-3-5-13(6-4-12)33-21(29)17-8-7-14(34-17)10-25-9-1-2-16(25)19(26)24-15(20(27)28)11-35(30,31)32;3-2(4,5)1(7)8-6;3-2(4,5)1(6)7/h3-8,15-16H,1-2,9-11H2,(H3,22,23)(H,24,26)(H,27,28)(H,30,31,32);;(H,6,7)/t15-,16-;;/m0../s1. The van der Waals surface area contributed by atoms with Crippen molar-refractivity contribution in [2.24, 2.45) is 5.73 Å². The van der Waals surface area contributed by atoms with Crippen LogP contribution in [0.4, 0.5) is 30.9 Å². The number of likely N-dealkylation sites (tertiary alicyclic amines) is 1. The molecule has 1 fully saturated rings. The molecule has 1 aromatic heterocycles. The molecule has 25 heteroatoms. The molecule has 1 saturated heterocycles. The largest absolute Gasteiger partial charge is 0.494 e. The van der Waals surface area contributed by atoms with E-state index < -0.39 is 70.1 Å². The van der Waals surface area contributed by atoms with Crippen molar-refractivity contribution in [1.82, 2.24) is 10.2 Å². The molecule has 0 radical (unpaired) electrons. The second kappa shape index (κ2) is 18.2. The normalized spacial score (nSPS) is 15.2. The Morgan fingerprint density at radius 1 is 1.02 bits per heavy atom. The lowest BCUT2D eigenvalue weighted by Crippen LogP contribution is -2.51. The Morgan fingerprint density at radius 2 is 1.58 bits per heavy atom. The van der Waals surface area contributed by atoms with Crippen molar-refractivity contribution in [3.63, 3.8) is 0 Å². The van der Waals surface area contributed by atoms with Gasteiger partial charge in [0.15, 0.2) is 0 Å². The molecule has 0 bridgehead atoms. The number of nitrogen functional groups attached to an aromatic ring is 1. The topological polar surface area (TPSA) is 264 Å². The number of aliphatic carboxylic acids is 2. The number of alkyl halides is 6. The summed E-state index contributed by atoms with van der Waals surface area (Å²) in [6.07, 6.45) is -9.19. The van der Waals surface area contributed by atoms with E-state index in [9.17, 15) is 53.7 Å². The van der Waals surface area contributed by atoms with E-state index in [1.807, 2.05) is 9.84 Å². The van der Waals surface area contributed by atoms with Gasteiger partial charge in [-0.25, -0.2) is 24.1 Å². The third kappa shape index (κ3) is 15.1. The molecule has 2 aromatic rings. The van der Waals surface area contributed by atoms with Gasteiger partial charge in [0.2, 0.25) is 5.91 Å². The van der Waals surface area contributed by atoms with Gasteiger partial charge >= 0.3 is 36.2 Å². The van der Waals surface area contributed by atoms with E-state index in [1.165, 1.54) is 23.5 Å². The van der Waals surface area contributed by atoms with Crippen molar-refractivity contribution in [3.05, 3.63) is 51.7 Å². The smallest absolute Gasteiger partial charge is 0.480 e. The minimum absolute atomic E-state index is 0.100. The molecule has 50 heavy (non-hydrogen) atoms. The maximum Gasteiger partial charge on any atom is 0.494 e. The zero-order chi connectivity index (χ0) is 38.6. The second-order valence-electron chi connectivity index (χ2n) is 9.54. The molecular weight excluding hydrogens is 745 g/mol. The first-order chi connectivity index (χ1) is 22.8. The van der Waals surface area contributed by atoms with Crippen molar-refractivity contribution in [3.8, 4) is 5.75 Å². The molecule has 0 unspecified atom stereocenters. The fourth-order valence-electron chi connectivity index (χ4n) is 3.64. The van der Waals surface area contributed by atoms with Gasteiger partial charge in [-0.15, -0.1) is 11.3 Å². The lowest BCUT2D eigenvalue weighted by Gasteiger charge is -2.24.